The molecule has 0 heterocycles. The average Bonchev–Trinajstić information content (AvgIpc) is 2.28. The molecule has 0 aliphatic rings. The van der Waals surface area contributed by atoms with Crippen molar-refractivity contribution < 1.29 is 14.6 Å². The van der Waals surface area contributed by atoms with Crippen molar-refractivity contribution in [2.24, 2.45) is 0 Å². The van der Waals surface area contributed by atoms with Crippen molar-refractivity contribution in [3.8, 4) is 0 Å². The van der Waals surface area contributed by atoms with Crippen LogP contribution in [0.3, 0.4) is 0 Å². The number of methoxy groups -OCH3 is 2. The summed E-state index contributed by atoms with van der Waals surface area (Å²) in [6.07, 6.45) is 8.54. The first kappa shape index (κ1) is 15.9. The highest BCUT2D eigenvalue weighted by Gasteiger charge is 2.03. The van der Waals surface area contributed by atoms with E-state index in [1.54, 1.807) is 14.2 Å². The number of unbranched alkanes of at least 4 members (excludes halogenated alkanes) is 4. The van der Waals surface area contributed by atoms with E-state index in [9.17, 15) is 5.11 Å². The summed E-state index contributed by atoms with van der Waals surface area (Å²) in [5, 5.41) is 9.70. The quantitative estimate of drug-likeness (QED) is 0.526. The van der Waals surface area contributed by atoms with Gasteiger partial charge in [-0.15, -0.1) is 0 Å². The molecule has 0 amide bonds. The van der Waals surface area contributed by atoms with Gasteiger partial charge in [-0.1, -0.05) is 25.7 Å². The minimum Gasteiger partial charge on any atom is -0.393 e. The van der Waals surface area contributed by atoms with Crippen LogP contribution in [0, 0.1) is 0 Å². The second kappa shape index (κ2) is 12.9. The summed E-state index contributed by atoms with van der Waals surface area (Å²) in [7, 11) is 3.46. The number of hydrogen-bond acceptors (Lipinski definition) is 3. The van der Waals surface area contributed by atoms with E-state index >= 15 is 0 Å². The average molecular weight is 232 g/mol. The highest BCUT2D eigenvalue weighted by molar-refractivity contribution is 4.56. The van der Waals surface area contributed by atoms with Gasteiger partial charge in [-0.3, -0.25) is 0 Å². The first-order valence-corrected chi connectivity index (χ1v) is 6.47. The monoisotopic (exact) mass is 232 g/mol. The minimum atomic E-state index is -0.106. The molecule has 0 aromatic heterocycles. The Morgan fingerprint density at radius 1 is 0.750 bits per heavy atom. The molecule has 3 heteroatoms. The van der Waals surface area contributed by atoms with Gasteiger partial charge in [-0.25, -0.2) is 0 Å². The van der Waals surface area contributed by atoms with E-state index in [0.29, 0.717) is 0 Å². The molecular formula is C13H28O3. The van der Waals surface area contributed by atoms with Crippen molar-refractivity contribution >= 4 is 0 Å². The Bertz CT molecular complexity index is 114. The molecule has 0 bridgehead atoms. The number of hydrogen-bond donors (Lipinski definition) is 1. The Balaban J connectivity index is 3.09. The second-order valence-electron chi connectivity index (χ2n) is 4.34. The molecule has 3 nitrogen and oxygen atoms in total. The molecule has 0 atom stereocenters. The van der Waals surface area contributed by atoms with Gasteiger partial charge in [0.25, 0.3) is 0 Å². The maximum atomic E-state index is 9.70. The molecule has 0 aliphatic carbocycles. The summed E-state index contributed by atoms with van der Waals surface area (Å²) in [5.41, 5.74) is 0. The van der Waals surface area contributed by atoms with Crippen LogP contribution < -0.4 is 0 Å². The maximum absolute atomic E-state index is 9.70. The van der Waals surface area contributed by atoms with Gasteiger partial charge < -0.3 is 14.6 Å². The van der Waals surface area contributed by atoms with E-state index in [2.05, 4.69) is 0 Å². The van der Waals surface area contributed by atoms with Crippen LogP contribution in [-0.2, 0) is 9.47 Å². The third-order valence-corrected chi connectivity index (χ3v) is 2.77. The zero-order chi connectivity index (χ0) is 12.1. The lowest BCUT2D eigenvalue weighted by atomic mass is 10.0. The third kappa shape index (κ3) is 12.0. The molecule has 0 saturated carbocycles. The fraction of sp³-hybridized carbons (Fsp3) is 1.00. The van der Waals surface area contributed by atoms with Gasteiger partial charge in [0.05, 0.1) is 6.10 Å². The Kier molecular flexibility index (Phi) is 12.9. The number of aliphatic hydroxyl groups excluding tert-OH is 1. The van der Waals surface area contributed by atoms with Crippen LogP contribution in [0.15, 0.2) is 0 Å². The zero-order valence-electron chi connectivity index (χ0n) is 10.9. The smallest absolute Gasteiger partial charge is 0.0540 e. The predicted octanol–water partition coefficient (Wildman–Crippen LogP) is 2.76. The minimum absolute atomic E-state index is 0.106. The highest BCUT2D eigenvalue weighted by atomic mass is 16.5. The third-order valence-electron chi connectivity index (χ3n) is 2.77. The molecule has 0 spiro atoms. The second-order valence-corrected chi connectivity index (χ2v) is 4.34. The van der Waals surface area contributed by atoms with E-state index in [4.69, 9.17) is 9.47 Å². The van der Waals surface area contributed by atoms with Crippen LogP contribution in [-0.4, -0.2) is 38.6 Å². The van der Waals surface area contributed by atoms with Crippen LogP contribution in [0.4, 0.5) is 0 Å². The SMILES string of the molecule is COCCCCCC(O)CCCCCOC. The topological polar surface area (TPSA) is 38.7 Å². The van der Waals surface area contributed by atoms with E-state index in [0.717, 1.165) is 64.6 Å². The van der Waals surface area contributed by atoms with Crippen molar-refractivity contribution in [2.75, 3.05) is 27.4 Å². The van der Waals surface area contributed by atoms with Crippen LogP contribution >= 0.6 is 0 Å². The van der Waals surface area contributed by atoms with Crippen LogP contribution in [0.5, 0.6) is 0 Å². The van der Waals surface area contributed by atoms with E-state index in [1.165, 1.54) is 0 Å². The van der Waals surface area contributed by atoms with Gasteiger partial charge in [0.1, 0.15) is 0 Å². The standard InChI is InChI=1S/C13H28O3/c1-15-11-7-3-5-9-13(14)10-6-4-8-12-16-2/h13-14H,3-12H2,1-2H3. The van der Waals surface area contributed by atoms with E-state index in [-0.39, 0.29) is 6.10 Å². The van der Waals surface area contributed by atoms with Gasteiger partial charge in [0.15, 0.2) is 0 Å². The lowest BCUT2D eigenvalue weighted by Crippen LogP contribution is -2.06. The van der Waals surface area contributed by atoms with E-state index in [1.807, 2.05) is 0 Å². The summed E-state index contributed by atoms with van der Waals surface area (Å²) in [6.45, 7) is 1.68. The number of aliphatic hydroxyl groups is 1. The molecule has 0 aromatic rings. The first-order valence-electron chi connectivity index (χ1n) is 6.47. The lowest BCUT2D eigenvalue weighted by Gasteiger charge is -2.09. The molecule has 0 rings (SSSR count). The molecule has 0 aliphatic heterocycles. The summed E-state index contributed by atoms with van der Waals surface area (Å²) < 4.78 is 9.95. The summed E-state index contributed by atoms with van der Waals surface area (Å²) in [6, 6.07) is 0. The Labute approximate surface area is 100 Å². The van der Waals surface area contributed by atoms with Crippen molar-refractivity contribution in [1.29, 1.82) is 0 Å². The highest BCUT2D eigenvalue weighted by Crippen LogP contribution is 2.10. The summed E-state index contributed by atoms with van der Waals surface area (Å²) >= 11 is 0. The fourth-order valence-electron chi connectivity index (χ4n) is 1.75. The van der Waals surface area contributed by atoms with Gasteiger partial charge in [-0.2, -0.15) is 0 Å². The molecule has 0 saturated heterocycles. The number of ether oxygens (including phenoxy) is 2. The Morgan fingerprint density at radius 2 is 1.19 bits per heavy atom. The molecule has 0 unspecified atom stereocenters. The molecule has 98 valence electrons. The molecule has 0 radical (unpaired) electrons. The van der Waals surface area contributed by atoms with Gasteiger partial charge >= 0.3 is 0 Å². The van der Waals surface area contributed by atoms with Crippen molar-refractivity contribution in [2.45, 2.75) is 57.5 Å². The van der Waals surface area contributed by atoms with Gasteiger partial charge in [-0.05, 0) is 25.7 Å². The van der Waals surface area contributed by atoms with Gasteiger partial charge in [0, 0.05) is 27.4 Å². The van der Waals surface area contributed by atoms with E-state index < -0.39 is 0 Å². The normalized spacial score (nSPS) is 11.2. The molecule has 0 aromatic carbocycles. The van der Waals surface area contributed by atoms with Crippen LogP contribution in [0.1, 0.15) is 51.4 Å². The molecule has 16 heavy (non-hydrogen) atoms. The molecule has 0 fully saturated rings. The van der Waals surface area contributed by atoms with Crippen LogP contribution in [0.25, 0.3) is 0 Å². The van der Waals surface area contributed by atoms with Crippen molar-refractivity contribution in [1.82, 2.24) is 0 Å². The Morgan fingerprint density at radius 3 is 1.56 bits per heavy atom. The summed E-state index contributed by atoms with van der Waals surface area (Å²) in [5.74, 6) is 0. The summed E-state index contributed by atoms with van der Waals surface area (Å²) in [4.78, 5) is 0. The van der Waals surface area contributed by atoms with Crippen molar-refractivity contribution in [3.05, 3.63) is 0 Å². The lowest BCUT2D eigenvalue weighted by molar-refractivity contribution is 0.141. The predicted molar refractivity (Wildman–Crippen MR) is 66.7 cm³/mol. The van der Waals surface area contributed by atoms with Crippen molar-refractivity contribution in [3.63, 3.8) is 0 Å². The maximum Gasteiger partial charge on any atom is 0.0540 e. The van der Waals surface area contributed by atoms with Crippen LogP contribution in [0.2, 0.25) is 0 Å². The zero-order valence-corrected chi connectivity index (χ0v) is 10.9. The molecular weight excluding hydrogens is 204 g/mol. The first-order chi connectivity index (χ1) is 7.81. The number of rotatable bonds is 12. The largest absolute Gasteiger partial charge is 0.393 e. The molecule has 1 N–H and O–H groups in total. The fourth-order valence-corrected chi connectivity index (χ4v) is 1.75. The van der Waals surface area contributed by atoms with Gasteiger partial charge in [0.2, 0.25) is 0 Å². The Hall–Kier alpha value is -0.120.